The van der Waals surface area contributed by atoms with Crippen LogP contribution in [0.25, 0.3) is 0 Å². The van der Waals surface area contributed by atoms with Crippen molar-refractivity contribution in [3.8, 4) is 11.5 Å². The number of likely N-dealkylation sites (tertiary alicyclic amines) is 1. The van der Waals surface area contributed by atoms with E-state index < -0.39 is 0 Å². The number of piperidine rings is 1. The van der Waals surface area contributed by atoms with Gasteiger partial charge in [0.15, 0.2) is 0 Å². The summed E-state index contributed by atoms with van der Waals surface area (Å²) in [5.74, 6) is 1.10. The Balaban J connectivity index is 1.56. The number of amides is 2. The molecular weight excluding hydrogens is 432 g/mol. The zero-order valence-electron chi connectivity index (χ0n) is 19.8. The smallest absolute Gasteiger partial charge is 0.257 e. The Morgan fingerprint density at radius 2 is 1.79 bits per heavy atom. The molecule has 0 spiro atoms. The van der Waals surface area contributed by atoms with Crippen LogP contribution in [0.5, 0.6) is 11.5 Å². The highest BCUT2D eigenvalue weighted by molar-refractivity contribution is 6.05. The van der Waals surface area contributed by atoms with Crippen molar-refractivity contribution < 1.29 is 19.1 Å². The van der Waals surface area contributed by atoms with Gasteiger partial charge in [-0.25, -0.2) is 5.01 Å². The van der Waals surface area contributed by atoms with E-state index in [-0.39, 0.29) is 30.3 Å². The lowest BCUT2D eigenvalue weighted by Gasteiger charge is -2.31. The number of benzene rings is 2. The van der Waals surface area contributed by atoms with Crippen molar-refractivity contribution >= 4 is 17.5 Å². The van der Waals surface area contributed by atoms with E-state index in [1.807, 2.05) is 55.5 Å². The molecule has 0 saturated carbocycles. The molecule has 1 unspecified atom stereocenters. The van der Waals surface area contributed by atoms with Crippen LogP contribution in [0, 0.1) is 5.92 Å². The van der Waals surface area contributed by atoms with Gasteiger partial charge in [0.2, 0.25) is 5.91 Å². The van der Waals surface area contributed by atoms with Gasteiger partial charge < -0.3 is 15.2 Å². The van der Waals surface area contributed by atoms with Gasteiger partial charge in [0.25, 0.3) is 5.91 Å². The van der Waals surface area contributed by atoms with Gasteiger partial charge in [0.05, 0.1) is 32.0 Å². The fourth-order valence-electron chi connectivity index (χ4n) is 4.64. The van der Waals surface area contributed by atoms with Crippen LogP contribution in [0.3, 0.4) is 0 Å². The summed E-state index contributed by atoms with van der Waals surface area (Å²) >= 11 is 0. The van der Waals surface area contributed by atoms with Crippen LogP contribution in [0.2, 0.25) is 0 Å². The zero-order chi connectivity index (χ0) is 24.1. The van der Waals surface area contributed by atoms with Crippen LogP contribution < -0.4 is 15.2 Å². The molecule has 8 heteroatoms. The predicted molar refractivity (Wildman–Crippen MR) is 130 cm³/mol. The first-order valence-electron chi connectivity index (χ1n) is 11.8. The highest BCUT2D eigenvalue weighted by Gasteiger charge is 2.35. The van der Waals surface area contributed by atoms with E-state index in [1.165, 1.54) is 0 Å². The van der Waals surface area contributed by atoms with Crippen molar-refractivity contribution in [3.05, 3.63) is 59.7 Å². The molecule has 1 saturated heterocycles. The number of primary amides is 1. The van der Waals surface area contributed by atoms with Crippen LogP contribution in [-0.4, -0.2) is 60.8 Å². The molecule has 180 valence electrons. The van der Waals surface area contributed by atoms with E-state index in [0.29, 0.717) is 39.0 Å². The number of carbonyl (C=O) groups excluding carboxylic acids is 2. The number of rotatable bonds is 8. The SMILES string of the molecule is CCOc1ccc(C2CC(c3ccccc3OC)=NN2C(=O)CN2CCC(C(N)=O)CC2)cc1. The molecular formula is C26H32N4O4. The average Bonchev–Trinajstić information content (AvgIpc) is 3.30. The van der Waals surface area contributed by atoms with Crippen molar-refractivity contribution in [2.45, 2.75) is 32.2 Å². The van der Waals surface area contributed by atoms with Crippen LogP contribution in [0.4, 0.5) is 0 Å². The summed E-state index contributed by atoms with van der Waals surface area (Å²) in [6.45, 7) is 4.14. The molecule has 2 amide bonds. The van der Waals surface area contributed by atoms with E-state index in [2.05, 4.69) is 4.90 Å². The summed E-state index contributed by atoms with van der Waals surface area (Å²) in [6.07, 6.45) is 1.95. The number of para-hydroxylation sites is 1. The van der Waals surface area contributed by atoms with E-state index in [1.54, 1.807) is 12.1 Å². The number of ether oxygens (including phenoxy) is 2. The summed E-state index contributed by atoms with van der Waals surface area (Å²) in [5.41, 5.74) is 8.15. The number of nitrogens with zero attached hydrogens (tertiary/aromatic N) is 3. The Morgan fingerprint density at radius 3 is 2.44 bits per heavy atom. The Labute approximate surface area is 200 Å². The van der Waals surface area contributed by atoms with E-state index in [0.717, 1.165) is 28.3 Å². The minimum Gasteiger partial charge on any atom is -0.496 e. The largest absolute Gasteiger partial charge is 0.496 e. The highest BCUT2D eigenvalue weighted by atomic mass is 16.5. The van der Waals surface area contributed by atoms with E-state index in [4.69, 9.17) is 20.3 Å². The van der Waals surface area contributed by atoms with Crippen LogP contribution >= 0.6 is 0 Å². The van der Waals surface area contributed by atoms with Gasteiger partial charge in [-0.15, -0.1) is 0 Å². The Kier molecular flexibility index (Phi) is 7.47. The third-order valence-corrected chi connectivity index (χ3v) is 6.51. The Bertz CT molecular complexity index is 1050. The lowest BCUT2D eigenvalue weighted by atomic mass is 9.96. The topological polar surface area (TPSA) is 97.5 Å². The first kappa shape index (κ1) is 23.8. The number of nitrogens with two attached hydrogens (primary N) is 1. The second-order valence-corrected chi connectivity index (χ2v) is 8.66. The van der Waals surface area contributed by atoms with Crippen molar-refractivity contribution in [3.63, 3.8) is 0 Å². The summed E-state index contributed by atoms with van der Waals surface area (Å²) < 4.78 is 11.1. The maximum atomic E-state index is 13.4. The van der Waals surface area contributed by atoms with Crippen LogP contribution in [0.15, 0.2) is 53.6 Å². The number of hydrogen-bond acceptors (Lipinski definition) is 6. The molecule has 0 aromatic heterocycles. The molecule has 2 N–H and O–H groups in total. The Hall–Kier alpha value is -3.39. The zero-order valence-corrected chi connectivity index (χ0v) is 19.8. The van der Waals surface area contributed by atoms with Gasteiger partial charge in [-0.1, -0.05) is 24.3 Å². The molecule has 4 rings (SSSR count). The monoisotopic (exact) mass is 464 g/mol. The molecule has 2 aromatic rings. The summed E-state index contributed by atoms with van der Waals surface area (Å²) in [5, 5.41) is 6.39. The van der Waals surface area contributed by atoms with Crippen molar-refractivity contribution in [1.82, 2.24) is 9.91 Å². The molecule has 1 atom stereocenters. The van der Waals surface area contributed by atoms with Gasteiger partial charge in [0.1, 0.15) is 11.5 Å². The predicted octanol–water partition coefficient (Wildman–Crippen LogP) is 2.97. The van der Waals surface area contributed by atoms with Crippen molar-refractivity contribution in [1.29, 1.82) is 0 Å². The molecule has 2 heterocycles. The third kappa shape index (κ3) is 5.22. The normalized spacial score (nSPS) is 19.1. The summed E-state index contributed by atoms with van der Waals surface area (Å²) in [4.78, 5) is 27.0. The molecule has 0 bridgehead atoms. The molecule has 1 fully saturated rings. The lowest BCUT2D eigenvalue weighted by molar-refractivity contribution is -0.134. The number of hydrazone groups is 1. The molecule has 2 aliphatic heterocycles. The molecule has 2 aromatic carbocycles. The number of hydrogen-bond donors (Lipinski definition) is 1. The molecule has 0 radical (unpaired) electrons. The quantitative estimate of drug-likeness (QED) is 0.648. The number of methoxy groups -OCH3 is 1. The average molecular weight is 465 g/mol. The maximum absolute atomic E-state index is 13.4. The third-order valence-electron chi connectivity index (χ3n) is 6.51. The standard InChI is InChI=1S/C26H32N4O4/c1-3-34-20-10-8-18(9-11-20)23-16-22(21-6-4-5-7-24(21)33-2)28-30(23)25(31)17-29-14-12-19(13-15-29)26(27)32/h4-11,19,23H,3,12-17H2,1-2H3,(H2,27,32). The number of carbonyl (C=O) groups is 2. The van der Waals surface area contributed by atoms with Crippen LogP contribution in [0.1, 0.15) is 43.4 Å². The van der Waals surface area contributed by atoms with Crippen molar-refractivity contribution in [2.75, 3.05) is 33.4 Å². The van der Waals surface area contributed by atoms with Gasteiger partial charge in [-0.05, 0) is 62.7 Å². The highest BCUT2D eigenvalue weighted by Crippen LogP contribution is 2.35. The first-order chi connectivity index (χ1) is 16.5. The van der Waals surface area contributed by atoms with Gasteiger partial charge in [0, 0.05) is 17.9 Å². The minimum atomic E-state index is -0.257. The van der Waals surface area contributed by atoms with E-state index in [9.17, 15) is 9.59 Å². The molecule has 8 nitrogen and oxygen atoms in total. The Morgan fingerprint density at radius 1 is 1.09 bits per heavy atom. The second kappa shape index (κ2) is 10.7. The summed E-state index contributed by atoms with van der Waals surface area (Å²) in [7, 11) is 1.64. The fourth-order valence-corrected chi connectivity index (χ4v) is 4.64. The summed E-state index contributed by atoms with van der Waals surface area (Å²) in [6, 6.07) is 15.4. The van der Waals surface area contributed by atoms with Crippen molar-refractivity contribution in [2.24, 2.45) is 16.8 Å². The lowest BCUT2D eigenvalue weighted by Crippen LogP contribution is -2.43. The minimum absolute atomic E-state index is 0.0682. The molecule has 2 aliphatic rings. The van der Waals surface area contributed by atoms with Gasteiger partial charge in [-0.2, -0.15) is 5.10 Å². The fraction of sp³-hybridized carbons (Fsp3) is 0.423. The second-order valence-electron chi connectivity index (χ2n) is 8.66. The van der Waals surface area contributed by atoms with Crippen LogP contribution in [-0.2, 0) is 9.59 Å². The molecule has 34 heavy (non-hydrogen) atoms. The maximum Gasteiger partial charge on any atom is 0.257 e. The molecule has 0 aliphatic carbocycles. The van der Waals surface area contributed by atoms with Gasteiger partial charge >= 0.3 is 0 Å². The van der Waals surface area contributed by atoms with E-state index >= 15 is 0 Å². The first-order valence-corrected chi connectivity index (χ1v) is 11.8. The van der Waals surface area contributed by atoms with Gasteiger partial charge in [-0.3, -0.25) is 14.5 Å².